The maximum atomic E-state index is 5.24. The third kappa shape index (κ3) is 4.61. The molecule has 0 aliphatic rings. The van der Waals surface area contributed by atoms with Crippen molar-refractivity contribution < 1.29 is 0 Å². The Labute approximate surface area is 306 Å². The first-order chi connectivity index (χ1) is 26.3. The fourth-order valence-electron chi connectivity index (χ4n) is 8.38. The van der Waals surface area contributed by atoms with Crippen LogP contribution in [-0.4, -0.2) is 14.5 Å². The Morgan fingerprint density at radius 2 is 0.868 bits per heavy atom. The van der Waals surface area contributed by atoms with Gasteiger partial charge in [0.15, 0.2) is 0 Å². The molecule has 0 amide bonds. The summed E-state index contributed by atoms with van der Waals surface area (Å²) >= 11 is 0. The zero-order valence-corrected chi connectivity index (χ0v) is 28.7. The van der Waals surface area contributed by atoms with Gasteiger partial charge in [0.2, 0.25) is 0 Å². The molecule has 0 aliphatic carbocycles. The largest absolute Gasteiger partial charge is 0.309 e. The molecule has 0 N–H and O–H groups in total. The number of para-hydroxylation sites is 2. The molecule has 9 aromatic carbocycles. The predicted octanol–water partition coefficient (Wildman–Crippen LogP) is 13.2. The van der Waals surface area contributed by atoms with Gasteiger partial charge < -0.3 is 4.57 Å². The van der Waals surface area contributed by atoms with E-state index in [1.54, 1.807) is 0 Å². The number of rotatable bonds is 4. The van der Waals surface area contributed by atoms with Gasteiger partial charge in [-0.25, -0.2) is 4.98 Å². The van der Waals surface area contributed by atoms with E-state index in [0.717, 1.165) is 44.2 Å². The first-order valence-corrected chi connectivity index (χ1v) is 18.1. The molecule has 0 unspecified atom stereocenters. The highest BCUT2D eigenvalue weighted by molar-refractivity contribution is 6.23. The molecule has 3 heteroatoms. The van der Waals surface area contributed by atoms with Crippen molar-refractivity contribution in [1.29, 1.82) is 0 Å². The third-order valence-electron chi connectivity index (χ3n) is 10.8. The summed E-state index contributed by atoms with van der Waals surface area (Å²) in [6, 6.07) is 65.3. The zero-order chi connectivity index (χ0) is 34.9. The summed E-state index contributed by atoms with van der Waals surface area (Å²) in [7, 11) is 0. The molecule has 11 aromatic rings. The van der Waals surface area contributed by atoms with Crippen LogP contribution >= 0.6 is 0 Å². The molecule has 53 heavy (non-hydrogen) atoms. The lowest BCUT2D eigenvalue weighted by atomic mass is 9.95. The summed E-state index contributed by atoms with van der Waals surface area (Å²) < 4.78 is 2.41. The van der Waals surface area contributed by atoms with E-state index in [1.165, 1.54) is 60.2 Å². The average molecular weight is 674 g/mol. The van der Waals surface area contributed by atoms with Gasteiger partial charge in [0.1, 0.15) is 0 Å². The highest BCUT2D eigenvalue weighted by Crippen LogP contribution is 2.38. The molecule has 0 spiro atoms. The summed E-state index contributed by atoms with van der Waals surface area (Å²) in [4.78, 5) is 10.2. The van der Waals surface area contributed by atoms with Gasteiger partial charge in [-0.15, -0.1) is 0 Å². The summed E-state index contributed by atoms with van der Waals surface area (Å²) in [5.41, 5.74) is 12.1. The molecule has 0 atom stereocenters. The number of benzene rings is 9. The molecule has 0 saturated heterocycles. The maximum Gasteiger partial charge on any atom is 0.0979 e. The van der Waals surface area contributed by atoms with Crippen LogP contribution < -0.4 is 0 Å². The minimum Gasteiger partial charge on any atom is -0.309 e. The van der Waals surface area contributed by atoms with Crippen LogP contribution in [0.4, 0.5) is 0 Å². The van der Waals surface area contributed by atoms with Crippen LogP contribution in [0.3, 0.4) is 0 Å². The van der Waals surface area contributed by atoms with Crippen molar-refractivity contribution in [3.05, 3.63) is 188 Å². The van der Waals surface area contributed by atoms with Gasteiger partial charge in [-0.2, -0.15) is 0 Å². The second-order valence-electron chi connectivity index (χ2n) is 13.7. The second-order valence-corrected chi connectivity index (χ2v) is 13.7. The molecule has 0 fully saturated rings. The van der Waals surface area contributed by atoms with Crippen LogP contribution in [0.25, 0.3) is 104 Å². The van der Waals surface area contributed by atoms with Crippen molar-refractivity contribution in [2.75, 3.05) is 0 Å². The van der Waals surface area contributed by atoms with E-state index in [1.807, 2.05) is 6.20 Å². The lowest BCUT2D eigenvalue weighted by Crippen LogP contribution is -1.95. The molecule has 2 heterocycles. The molecule has 0 bridgehead atoms. The van der Waals surface area contributed by atoms with Gasteiger partial charge >= 0.3 is 0 Å². The van der Waals surface area contributed by atoms with Crippen LogP contribution in [0.15, 0.2) is 188 Å². The Morgan fingerprint density at radius 1 is 0.340 bits per heavy atom. The van der Waals surface area contributed by atoms with Gasteiger partial charge in [-0.1, -0.05) is 158 Å². The highest BCUT2D eigenvalue weighted by Gasteiger charge is 2.16. The first-order valence-electron chi connectivity index (χ1n) is 18.1. The van der Waals surface area contributed by atoms with Crippen molar-refractivity contribution in [3.63, 3.8) is 0 Å². The lowest BCUT2D eigenvalue weighted by Gasteiger charge is -2.14. The summed E-state index contributed by atoms with van der Waals surface area (Å²) in [6.45, 7) is 0. The Balaban J connectivity index is 0.979. The quantitative estimate of drug-likeness (QED) is 0.174. The molecule has 246 valence electrons. The number of hydrogen-bond donors (Lipinski definition) is 0. The highest BCUT2D eigenvalue weighted by atomic mass is 15.0. The molecule has 0 aliphatic heterocycles. The zero-order valence-electron chi connectivity index (χ0n) is 28.7. The fraction of sp³-hybridized carbons (Fsp3) is 0. The van der Waals surface area contributed by atoms with Gasteiger partial charge in [-0.05, 0) is 62.7 Å². The van der Waals surface area contributed by atoms with Crippen molar-refractivity contribution in [3.8, 4) is 39.2 Å². The summed E-state index contributed by atoms with van der Waals surface area (Å²) in [5, 5.41) is 9.65. The Hall–Kier alpha value is -7.10. The molecular weight excluding hydrogens is 643 g/mol. The standard InChI is InChI=1S/C50H31N3/c1-3-18-43-38(14-1)39-15-2-4-19-44(39)50-49(43)51-31-45(52-50)35-13-9-12-34(30-35)32-26-28-33(29-27-32)36-20-10-22-40-37(36)21-11-25-48(40)53-46-23-7-5-16-41(46)42-17-6-8-24-47(42)53/h1-31H. The van der Waals surface area contributed by atoms with Crippen LogP contribution in [0.1, 0.15) is 0 Å². The van der Waals surface area contributed by atoms with E-state index in [2.05, 4.69) is 187 Å². The fourth-order valence-corrected chi connectivity index (χ4v) is 8.38. The Kier molecular flexibility index (Phi) is 6.55. The van der Waals surface area contributed by atoms with E-state index in [-0.39, 0.29) is 0 Å². The van der Waals surface area contributed by atoms with Crippen molar-refractivity contribution in [1.82, 2.24) is 14.5 Å². The van der Waals surface area contributed by atoms with E-state index in [9.17, 15) is 0 Å². The molecule has 0 saturated carbocycles. The summed E-state index contributed by atoms with van der Waals surface area (Å²) in [5.74, 6) is 0. The normalized spacial score (nSPS) is 11.8. The number of aromatic nitrogens is 3. The smallest absolute Gasteiger partial charge is 0.0979 e. The van der Waals surface area contributed by atoms with Gasteiger partial charge in [-0.3, -0.25) is 4.98 Å². The SMILES string of the molecule is c1cc(-c2ccc(-c3cccc4c(-n5c6ccccc6c6ccccc65)cccc34)cc2)cc(-c2cnc3c4ccccc4c4ccccc4c3n2)c1. The third-order valence-corrected chi connectivity index (χ3v) is 10.8. The Morgan fingerprint density at radius 3 is 1.58 bits per heavy atom. The monoisotopic (exact) mass is 673 g/mol. The van der Waals surface area contributed by atoms with Crippen molar-refractivity contribution in [2.45, 2.75) is 0 Å². The molecule has 2 aromatic heterocycles. The summed E-state index contributed by atoms with van der Waals surface area (Å²) in [6.07, 6.45) is 1.92. The molecular formula is C50H31N3. The van der Waals surface area contributed by atoms with Crippen LogP contribution in [0.5, 0.6) is 0 Å². The van der Waals surface area contributed by atoms with Gasteiger partial charge in [0.05, 0.1) is 39.6 Å². The van der Waals surface area contributed by atoms with E-state index < -0.39 is 0 Å². The molecule has 3 nitrogen and oxygen atoms in total. The van der Waals surface area contributed by atoms with E-state index in [4.69, 9.17) is 9.97 Å². The van der Waals surface area contributed by atoms with Crippen molar-refractivity contribution >= 4 is 65.2 Å². The predicted molar refractivity (Wildman–Crippen MR) is 223 cm³/mol. The van der Waals surface area contributed by atoms with Crippen LogP contribution in [-0.2, 0) is 0 Å². The second kappa shape index (κ2) is 11.7. The van der Waals surface area contributed by atoms with Crippen LogP contribution in [0.2, 0.25) is 0 Å². The first kappa shape index (κ1) is 29.6. The number of fused-ring (bicyclic) bond motifs is 10. The topological polar surface area (TPSA) is 30.7 Å². The minimum absolute atomic E-state index is 0.867. The molecule has 0 radical (unpaired) electrons. The van der Waals surface area contributed by atoms with Gasteiger partial charge in [0, 0.05) is 32.5 Å². The average Bonchev–Trinajstić information content (AvgIpc) is 3.57. The van der Waals surface area contributed by atoms with E-state index >= 15 is 0 Å². The molecule has 11 rings (SSSR count). The maximum absolute atomic E-state index is 5.24. The van der Waals surface area contributed by atoms with Crippen LogP contribution in [0, 0.1) is 0 Å². The minimum atomic E-state index is 0.867. The number of nitrogens with zero attached hydrogens (tertiary/aromatic N) is 3. The van der Waals surface area contributed by atoms with Crippen molar-refractivity contribution in [2.24, 2.45) is 0 Å². The van der Waals surface area contributed by atoms with Gasteiger partial charge in [0.25, 0.3) is 0 Å². The number of hydrogen-bond acceptors (Lipinski definition) is 2. The van der Waals surface area contributed by atoms with E-state index in [0.29, 0.717) is 0 Å². The Bertz CT molecular complexity index is 3140. The lowest BCUT2D eigenvalue weighted by molar-refractivity contribution is 1.20.